The molecular formula is C17H26N2O2. The number of ether oxygens (including phenoxy) is 1. The molecule has 1 aromatic rings. The largest absolute Gasteiger partial charge is 0.497 e. The Kier molecular flexibility index (Phi) is 5.62. The Morgan fingerprint density at radius 3 is 2.48 bits per heavy atom. The number of carbonyl (C=O) groups is 1. The van der Waals surface area contributed by atoms with E-state index in [-0.39, 0.29) is 11.9 Å². The van der Waals surface area contributed by atoms with E-state index in [1.165, 1.54) is 18.4 Å². The number of hydrogen-bond acceptors (Lipinski definition) is 3. The normalized spacial score (nSPS) is 18.2. The number of methoxy groups -OCH3 is 1. The maximum Gasteiger partial charge on any atom is 0.216 e. The van der Waals surface area contributed by atoms with Crippen LogP contribution in [0.4, 0.5) is 0 Å². The predicted octanol–water partition coefficient (Wildman–Crippen LogP) is 2.60. The molecule has 1 fully saturated rings. The highest BCUT2D eigenvalue weighted by Crippen LogP contribution is 2.27. The van der Waals surface area contributed by atoms with Gasteiger partial charge in [-0.05, 0) is 49.5 Å². The van der Waals surface area contributed by atoms with E-state index in [0.717, 1.165) is 24.8 Å². The van der Waals surface area contributed by atoms with Gasteiger partial charge in [-0.25, -0.2) is 0 Å². The lowest BCUT2D eigenvalue weighted by Crippen LogP contribution is -2.41. The monoisotopic (exact) mass is 290 g/mol. The first-order valence-electron chi connectivity index (χ1n) is 7.72. The van der Waals surface area contributed by atoms with Crippen molar-refractivity contribution in [2.45, 2.75) is 32.7 Å². The maximum absolute atomic E-state index is 11.3. The molecule has 1 amide bonds. The summed E-state index contributed by atoms with van der Waals surface area (Å²) in [6.45, 7) is 6.74. The van der Waals surface area contributed by atoms with Gasteiger partial charge in [0.15, 0.2) is 0 Å². The number of rotatable bonds is 5. The minimum atomic E-state index is 0.0267. The molecule has 0 bridgehead atoms. The molecular weight excluding hydrogens is 264 g/mol. The third-order valence-corrected chi connectivity index (χ3v) is 4.30. The van der Waals surface area contributed by atoms with Crippen molar-refractivity contribution >= 4 is 5.91 Å². The molecule has 4 heteroatoms. The molecule has 1 unspecified atom stereocenters. The van der Waals surface area contributed by atoms with Crippen molar-refractivity contribution in [1.29, 1.82) is 0 Å². The summed E-state index contributed by atoms with van der Waals surface area (Å²) in [4.78, 5) is 13.7. The van der Waals surface area contributed by atoms with Crippen molar-refractivity contribution in [1.82, 2.24) is 10.2 Å². The molecule has 1 aliphatic rings. The SMILES string of the molecule is COc1ccc(C(CNC(C)=O)N2CCC(C)CC2)cc1. The number of benzene rings is 1. The Hall–Kier alpha value is -1.55. The summed E-state index contributed by atoms with van der Waals surface area (Å²) < 4.78 is 5.22. The molecule has 1 heterocycles. The van der Waals surface area contributed by atoms with Gasteiger partial charge in [-0.1, -0.05) is 19.1 Å². The van der Waals surface area contributed by atoms with Gasteiger partial charge in [0.25, 0.3) is 0 Å². The number of amides is 1. The third-order valence-electron chi connectivity index (χ3n) is 4.30. The number of piperidine rings is 1. The molecule has 0 radical (unpaired) electrons. The van der Waals surface area contributed by atoms with Crippen LogP contribution >= 0.6 is 0 Å². The Morgan fingerprint density at radius 1 is 1.33 bits per heavy atom. The molecule has 0 spiro atoms. The lowest BCUT2D eigenvalue weighted by molar-refractivity contribution is -0.119. The average molecular weight is 290 g/mol. The third kappa shape index (κ3) is 4.46. The highest BCUT2D eigenvalue weighted by atomic mass is 16.5. The molecule has 0 aliphatic carbocycles. The van der Waals surface area contributed by atoms with E-state index >= 15 is 0 Å². The molecule has 116 valence electrons. The standard InChI is InChI=1S/C17H26N2O2/c1-13-8-10-19(11-9-13)17(12-18-14(2)20)15-4-6-16(21-3)7-5-15/h4-7,13,17H,8-12H2,1-3H3,(H,18,20). The number of carbonyl (C=O) groups excluding carboxylic acids is 1. The zero-order valence-electron chi connectivity index (χ0n) is 13.3. The second-order valence-electron chi connectivity index (χ2n) is 5.94. The van der Waals surface area contributed by atoms with E-state index in [1.807, 2.05) is 12.1 Å². The minimum absolute atomic E-state index is 0.0267. The number of nitrogens with zero attached hydrogens (tertiary/aromatic N) is 1. The van der Waals surface area contributed by atoms with Crippen LogP contribution in [-0.4, -0.2) is 37.6 Å². The van der Waals surface area contributed by atoms with Gasteiger partial charge in [-0.15, -0.1) is 0 Å². The highest BCUT2D eigenvalue weighted by molar-refractivity contribution is 5.72. The van der Waals surface area contributed by atoms with Gasteiger partial charge >= 0.3 is 0 Å². The van der Waals surface area contributed by atoms with Crippen molar-refractivity contribution < 1.29 is 9.53 Å². The van der Waals surface area contributed by atoms with Crippen molar-refractivity contribution in [2.75, 3.05) is 26.7 Å². The molecule has 21 heavy (non-hydrogen) atoms. The smallest absolute Gasteiger partial charge is 0.216 e. The fourth-order valence-electron chi connectivity index (χ4n) is 2.86. The summed E-state index contributed by atoms with van der Waals surface area (Å²) in [5.74, 6) is 1.70. The average Bonchev–Trinajstić information content (AvgIpc) is 2.49. The Balaban J connectivity index is 2.11. The van der Waals surface area contributed by atoms with E-state index < -0.39 is 0 Å². The summed E-state index contributed by atoms with van der Waals surface area (Å²) in [5, 5.41) is 2.97. The summed E-state index contributed by atoms with van der Waals surface area (Å²) in [6, 6.07) is 8.42. The Labute approximate surface area is 127 Å². The van der Waals surface area contributed by atoms with Crippen LogP contribution < -0.4 is 10.1 Å². The van der Waals surface area contributed by atoms with E-state index in [0.29, 0.717) is 6.54 Å². The van der Waals surface area contributed by atoms with Crippen LogP contribution in [0.2, 0.25) is 0 Å². The van der Waals surface area contributed by atoms with Gasteiger partial charge in [0.05, 0.1) is 13.2 Å². The van der Waals surface area contributed by atoms with Gasteiger partial charge < -0.3 is 10.1 Å². The lowest BCUT2D eigenvalue weighted by atomic mass is 9.95. The van der Waals surface area contributed by atoms with Crippen LogP contribution in [0.5, 0.6) is 5.75 Å². The summed E-state index contributed by atoms with van der Waals surface area (Å²) >= 11 is 0. The number of likely N-dealkylation sites (tertiary alicyclic amines) is 1. The van der Waals surface area contributed by atoms with Gasteiger partial charge in [0, 0.05) is 13.5 Å². The summed E-state index contributed by atoms with van der Waals surface area (Å²) in [7, 11) is 1.68. The van der Waals surface area contributed by atoms with Crippen LogP contribution in [0.25, 0.3) is 0 Å². The molecule has 1 N–H and O–H groups in total. The first-order chi connectivity index (χ1) is 10.1. The predicted molar refractivity (Wildman–Crippen MR) is 84.4 cm³/mol. The van der Waals surface area contributed by atoms with E-state index in [9.17, 15) is 4.79 Å². The van der Waals surface area contributed by atoms with Gasteiger partial charge in [-0.3, -0.25) is 9.69 Å². The highest BCUT2D eigenvalue weighted by Gasteiger charge is 2.24. The Morgan fingerprint density at radius 2 is 1.95 bits per heavy atom. The van der Waals surface area contributed by atoms with Crippen LogP contribution in [0.3, 0.4) is 0 Å². The minimum Gasteiger partial charge on any atom is -0.497 e. The molecule has 1 aliphatic heterocycles. The van der Waals surface area contributed by atoms with Crippen LogP contribution in [0, 0.1) is 5.92 Å². The zero-order chi connectivity index (χ0) is 15.2. The topological polar surface area (TPSA) is 41.6 Å². The van der Waals surface area contributed by atoms with Crippen molar-refractivity contribution in [3.05, 3.63) is 29.8 Å². The lowest BCUT2D eigenvalue weighted by Gasteiger charge is -2.37. The fraction of sp³-hybridized carbons (Fsp3) is 0.588. The van der Waals surface area contributed by atoms with Crippen molar-refractivity contribution in [3.63, 3.8) is 0 Å². The summed E-state index contributed by atoms with van der Waals surface area (Å²) in [5.41, 5.74) is 1.24. The molecule has 1 atom stereocenters. The van der Waals surface area contributed by atoms with Crippen molar-refractivity contribution in [3.8, 4) is 5.75 Å². The van der Waals surface area contributed by atoms with Gasteiger partial charge in [0.1, 0.15) is 5.75 Å². The second kappa shape index (κ2) is 7.46. The van der Waals surface area contributed by atoms with E-state index in [2.05, 4.69) is 29.3 Å². The van der Waals surface area contributed by atoms with Crippen LogP contribution in [0.15, 0.2) is 24.3 Å². The molecule has 1 aromatic carbocycles. The van der Waals surface area contributed by atoms with E-state index in [1.54, 1.807) is 14.0 Å². The quantitative estimate of drug-likeness (QED) is 0.906. The van der Waals surface area contributed by atoms with Gasteiger partial charge in [-0.2, -0.15) is 0 Å². The molecule has 4 nitrogen and oxygen atoms in total. The van der Waals surface area contributed by atoms with Crippen LogP contribution in [-0.2, 0) is 4.79 Å². The maximum atomic E-state index is 11.3. The Bertz CT molecular complexity index is 450. The van der Waals surface area contributed by atoms with Crippen molar-refractivity contribution in [2.24, 2.45) is 5.92 Å². The van der Waals surface area contributed by atoms with Crippen LogP contribution in [0.1, 0.15) is 38.3 Å². The molecule has 1 saturated heterocycles. The fourth-order valence-corrected chi connectivity index (χ4v) is 2.86. The van der Waals surface area contributed by atoms with Gasteiger partial charge in [0.2, 0.25) is 5.91 Å². The number of nitrogens with one attached hydrogen (secondary N) is 1. The summed E-state index contributed by atoms with van der Waals surface area (Å²) in [6.07, 6.45) is 2.46. The van der Waals surface area contributed by atoms with E-state index in [4.69, 9.17) is 4.74 Å². The molecule has 0 saturated carbocycles. The number of hydrogen-bond donors (Lipinski definition) is 1. The molecule has 2 rings (SSSR count). The zero-order valence-corrected chi connectivity index (χ0v) is 13.3. The molecule has 0 aromatic heterocycles. The first kappa shape index (κ1) is 15.8. The second-order valence-corrected chi connectivity index (χ2v) is 5.94. The first-order valence-corrected chi connectivity index (χ1v) is 7.72.